The average Bonchev–Trinajstić information content (AvgIpc) is 2.41. The van der Waals surface area contributed by atoms with Crippen LogP contribution in [-0.4, -0.2) is 5.78 Å². The van der Waals surface area contributed by atoms with Crippen LogP contribution in [0.25, 0.3) is 0 Å². The molecular formula is C17H15BrO2. The zero-order valence-electron chi connectivity index (χ0n) is 11.4. The average molecular weight is 331 g/mol. The number of halogens is 1. The van der Waals surface area contributed by atoms with Crippen LogP contribution in [0.1, 0.15) is 39.6 Å². The third kappa shape index (κ3) is 2.38. The lowest BCUT2D eigenvalue weighted by Gasteiger charge is -2.27. The van der Waals surface area contributed by atoms with Crippen LogP contribution in [0.2, 0.25) is 0 Å². The number of hydrogen-bond donors (Lipinski definition) is 0. The summed E-state index contributed by atoms with van der Waals surface area (Å²) in [5.41, 5.74) is 4.12. The number of fused-ring (bicyclic) bond motifs is 1. The maximum absolute atomic E-state index is 12.3. The van der Waals surface area contributed by atoms with Gasteiger partial charge in [-0.3, -0.25) is 4.79 Å². The first-order valence-corrected chi connectivity index (χ1v) is 7.40. The van der Waals surface area contributed by atoms with Gasteiger partial charge in [0.15, 0.2) is 5.78 Å². The summed E-state index contributed by atoms with van der Waals surface area (Å²) in [6, 6.07) is 11.8. The quantitative estimate of drug-likeness (QED) is 0.752. The highest BCUT2D eigenvalue weighted by atomic mass is 79.9. The Labute approximate surface area is 126 Å². The van der Waals surface area contributed by atoms with Crippen molar-refractivity contribution in [2.75, 3.05) is 0 Å². The second-order valence-electron chi connectivity index (χ2n) is 5.23. The molecule has 0 radical (unpaired) electrons. The van der Waals surface area contributed by atoms with Crippen LogP contribution >= 0.6 is 15.9 Å². The number of ether oxygens (including phenoxy) is 1. The molecule has 1 aliphatic heterocycles. The third-order valence-electron chi connectivity index (χ3n) is 3.67. The lowest BCUT2D eigenvalue weighted by Crippen LogP contribution is -2.21. The van der Waals surface area contributed by atoms with Crippen molar-refractivity contribution in [2.24, 2.45) is 0 Å². The Kier molecular flexibility index (Phi) is 3.38. The van der Waals surface area contributed by atoms with E-state index in [0.717, 1.165) is 15.6 Å². The van der Waals surface area contributed by atoms with Crippen molar-refractivity contribution < 1.29 is 9.53 Å². The van der Waals surface area contributed by atoms with E-state index in [-0.39, 0.29) is 11.9 Å². The molecule has 0 saturated carbocycles. The largest absolute Gasteiger partial charge is 0.484 e. The maximum atomic E-state index is 12.3. The normalized spacial score (nSPS) is 17.6. The summed E-state index contributed by atoms with van der Waals surface area (Å²) >= 11 is 3.42. The fraction of sp³-hybridized carbons (Fsp3) is 0.235. The molecule has 1 heterocycles. The molecule has 2 aromatic carbocycles. The standard InChI is InChI=1S/C17H15BrO2/c1-10-3-4-11(2)14(7-10)17-9-15(19)13-6-5-12(18)8-16(13)20-17/h3-8,17H,9H2,1-2H3. The molecule has 1 aliphatic rings. The molecule has 0 N–H and O–H groups in total. The summed E-state index contributed by atoms with van der Waals surface area (Å²) < 4.78 is 6.98. The second kappa shape index (κ2) is 5.06. The van der Waals surface area contributed by atoms with Crippen molar-refractivity contribution in [3.63, 3.8) is 0 Å². The molecule has 1 unspecified atom stereocenters. The SMILES string of the molecule is Cc1ccc(C)c(C2CC(=O)c3ccc(Br)cc3O2)c1. The number of benzene rings is 2. The number of aryl methyl sites for hydroxylation is 2. The number of Topliss-reactive ketones (excluding diaryl/α,β-unsaturated/α-hetero) is 1. The second-order valence-corrected chi connectivity index (χ2v) is 6.15. The van der Waals surface area contributed by atoms with Crippen LogP contribution < -0.4 is 4.74 Å². The van der Waals surface area contributed by atoms with Crippen LogP contribution in [0.15, 0.2) is 40.9 Å². The lowest BCUT2D eigenvalue weighted by molar-refractivity contribution is 0.0849. The first kappa shape index (κ1) is 13.4. The smallest absolute Gasteiger partial charge is 0.170 e. The van der Waals surface area contributed by atoms with Crippen molar-refractivity contribution in [3.05, 3.63) is 63.1 Å². The van der Waals surface area contributed by atoms with Gasteiger partial charge in [-0.15, -0.1) is 0 Å². The highest BCUT2D eigenvalue weighted by Gasteiger charge is 2.28. The van der Waals surface area contributed by atoms with Gasteiger partial charge in [0.05, 0.1) is 12.0 Å². The van der Waals surface area contributed by atoms with E-state index in [1.54, 1.807) is 0 Å². The minimum atomic E-state index is -0.191. The van der Waals surface area contributed by atoms with E-state index in [1.165, 1.54) is 5.56 Å². The summed E-state index contributed by atoms with van der Waals surface area (Å²) in [6.45, 7) is 4.11. The van der Waals surface area contributed by atoms with Gasteiger partial charge in [0, 0.05) is 4.47 Å². The number of carbonyl (C=O) groups is 1. The van der Waals surface area contributed by atoms with Crippen LogP contribution in [0.3, 0.4) is 0 Å². The fourth-order valence-electron chi connectivity index (χ4n) is 2.58. The Morgan fingerprint density at radius 3 is 2.75 bits per heavy atom. The highest BCUT2D eigenvalue weighted by molar-refractivity contribution is 9.10. The van der Waals surface area contributed by atoms with Gasteiger partial charge in [-0.05, 0) is 43.2 Å². The number of hydrogen-bond acceptors (Lipinski definition) is 2. The van der Waals surface area contributed by atoms with Gasteiger partial charge in [-0.25, -0.2) is 0 Å². The zero-order valence-corrected chi connectivity index (χ0v) is 13.0. The molecule has 2 nitrogen and oxygen atoms in total. The van der Waals surface area contributed by atoms with Gasteiger partial charge in [0.1, 0.15) is 11.9 Å². The Morgan fingerprint density at radius 1 is 1.15 bits per heavy atom. The molecule has 3 heteroatoms. The van der Waals surface area contributed by atoms with Crippen molar-refractivity contribution in [3.8, 4) is 5.75 Å². The molecular weight excluding hydrogens is 316 g/mol. The topological polar surface area (TPSA) is 26.3 Å². The molecule has 102 valence electrons. The van der Waals surface area contributed by atoms with Crippen LogP contribution in [-0.2, 0) is 0 Å². The Morgan fingerprint density at radius 2 is 1.95 bits per heavy atom. The van der Waals surface area contributed by atoms with Gasteiger partial charge in [-0.2, -0.15) is 0 Å². The van der Waals surface area contributed by atoms with E-state index in [9.17, 15) is 4.79 Å². The van der Waals surface area contributed by atoms with E-state index in [1.807, 2.05) is 18.2 Å². The molecule has 0 spiro atoms. The van der Waals surface area contributed by atoms with Crippen molar-refractivity contribution in [1.29, 1.82) is 0 Å². The van der Waals surface area contributed by atoms with E-state index >= 15 is 0 Å². The van der Waals surface area contributed by atoms with Gasteiger partial charge in [0.2, 0.25) is 0 Å². The van der Waals surface area contributed by atoms with Crippen molar-refractivity contribution >= 4 is 21.7 Å². The molecule has 0 fully saturated rings. The molecule has 0 aromatic heterocycles. The summed E-state index contributed by atoms with van der Waals surface area (Å²) in [7, 11) is 0. The summed E-state index contributed by atoms with van der Waals surface area (Å²) in [5, 5.41) is 0. The van der Waals surface area contributed by atoms with Gasteiger partial charge in [-0.1, -0.05) is 39.7 Å². The first-order valence-electron chi connectivity index (χ1n) is 6.61. The number of carbonyl (C=O) groups excluding carboxylic acids is 1. The van der Waals surface area contributed by atoms with E-state index in [2.05, 4.69) is 48.0 Å². The first-order chi connectivity index (χ1) is 9.54. The van der Waals surface area contributed by atoms with Crippen LogP contribution in [0.5, 0.6) is 5.75 Å². The summed E-state index contributed by atoms with van der Waals surface area (Å²) in [5.74, 6) is 0.811. The van der Waals surface area contributed by atoms with Gasteiger partial charge in [0.25, 0.3) is 0 Å². The predicted molar refractivity (Wildman–Crippen MR) is 82.4 cm³/mol. The highest BCUT2D eigenvalue weighted by Crippen LogP contribution is 2.37. The summed E-state index contributed by atoms with van der Waals surface area (Å²) in [4.78, 5) is 12.3. The van der Waals surface area contributed by atoms with Crippen LogP contribution in [0, 0.1) is 13.8 Å². The molecule has 0 amide bonds. The minimum absolute atomic E-state index is 0.143. The Bertz CT molecular complexity index is 691. The molecule has 2 aromatic rings. The molecule has 0 aliphatic carbocycles. The van der Waals surface area contributed by atoms with Gasteiger partial charge < -0.3 is 4.74 Å². The van der Waals surface area contributed by atoms with Gasteiger partial charge >= 0.3 is 0 Å². The van der Waals surface area contributed by atoms with E-state index in [4.69, 9.17) is 4.74 Å². The van der Waals surface area contributed by atoms with Crippen molar-refractivity contribution in [1.82, 2.24) is 0 Å². The molecule has 0 saturated heterocycles. The maximum Gasteiger partial charge on any atom is 0.170 e. The Balaban J connectivity index is 2.02. The Hall–Kier alpha value is -1.61. The molecule has 20 heavy (non-hydrogen) atoms. The monoisotopic (exact) mass is 330 g/mol. The molecule has 0 bridgehead atoms. The minimum Gasteiger partial charge on any atom is -0.484 e. The number of rotatable bonds is 1. The van der Waals surface area contributed by atoms with E-state index < -0.39 is 0 Å². The van der Waals surface area contributed by atoms with Crippen LogP contribution in [0.4, 0.5) is 0 Å². The van der Waals surface area contributed by atoms with Crippen molar-refractivity contribution in [2.45, 2.75) is 26.4 Å². The van der Waals surface area contributed by atoms with E-state index in [0.29, 0.717) is 17.7 Å². The predicted octanol–water partition coefficient (Wildman–Crippen LogP) is 4.77. The molecule has 3 rings (SSSR count). The summed E-state index contributed by atoms with van der Waals surface area (Å²) in [6.07, 6.45) is 0.211. The molecule has 1 atom stereocenters. The lowest BCUT2D eigenvalue weighted by atomic mass is 9.93. The number of ketones is 1. The zero-order chi connectivity index (χ0) is 14.3. The fourth-order valence-corrected chi connectivity index (χ4v) is 2.92. The third-order valence-corrected chi connectivity index (χ3v) is 4.16.